The van der Waals surface area contributed by atoms with E-state index in [2.05, 4.69) is 16.6 Å². The summed E-state index contributed by atoms with van der Waals surface area (Å²) in [5, 5.41) is 13.0. The number of hydrogen-bond donors (Lipinski definition) is 2. The SMILES string of the molecule is OC1CNCCC1N1CC[CH]CC1. The maximum atomic E-state index is 9.81. The molecule has 0 aliphatic carbocycles. The summed E-state index contributed by atoms with van der Waals surface area (Å²) in [6.07, 6.45) is 5.67. The first-order chi connectivity index (χ1) is 6.38. The van der Waals surface area contributed by atoms with E-state index in [0.717, 1.165) is 32.6 Å². The minimum atomic E-state index is -0.160. The number of aliphatic hydroxyl groups excluding tert-OH is 1. The highest BCUT2D eigenvalue weighted by Crippen LogP contribution is 2.17. The highest BCUT2D eigenvalue weighted by atomic mass is 16.3. The van der Waals surface area contributed by atoms with Gasteiger partial charge in [-0.15, -0.1) is 0 Å². The predicted molar refractivity (Wildman–Crippen MR) is 52.4 cm³/mol. The van der Waals surface area contributed by atoms with Crippen LogP contribution in [-0.4, -0.2) is 48.3 Å². The summed E-state index contributed by atoms with van der Waals surface area (Å²) in [4.78, 5) is 2.45. The lowest BCUT2D eigenvalue weighted by molar-refractivity contribution is 0.0246. The number of β-amino-alcohol motifs (C(OH)–C–C–N with tert-alkyl or cyclic N) is 1. The molecule has 75 valence electrons. The molecular formula is C10H19N2O. The van der Waals surface area contributed by atoms with E-state index in [9.17, 15) is 5.11 Å². The predicted octanol–water partition coefficient (Wildman–Crippen LogP) is 0.00929. The molecule has 2 heterocycles. The largest absolute Gasteiger partial charge is 0.390 e. The molecule has 0 spiro atoms. The number of aliphatic hydroxyl groups is 1. The molecular weight excluding hydrogens is 164 g/mol. The van der Waals surface area contributed by atoms with Crippen molar-refractivity contribution in [2.24, 2.45) is 0 Å². The third-order valence-electron chi connectivity index (χ3n) is 3.12. The molecule has 2 aliphatic heterocycles. The third-order valence-corrected chi connectivity index (χ3v) is 3.12. The van der Waals surface area contributed by atoms with E-state index in [1.807, 2.05) is 0 Å². The van der Waals surface area contributed by atoms with Crippen LogP contribution in [0.2, 0.25) is 0 Å². The molecule has 0 saturated carbocycles. The van der Waals surface area contributed by atoms with Crippen molar-refractivity contribution < 1.29 is 5.11 Å². The number of likely N-dealkylation sites (tertiary alicyclic amines) is 1. The lowest BCUT2D eigenvalue weighted by Gasteiger charge is -2.39. The van der Waals surface area contributed by atoms with Crippen molar-refractivity contribution in [1.82, 2.24) is 10.2 Å². The van der Waals surface area contributed by atoms with Crippen molar-refractivity contribution in [3.8, 4) is 0 Å². The minimum absolute atomic E-state index is 0.160. The van der Waals surface area contributed by atoms with E-state index in [1.165, 1.54) is 12.8 Å². The van der Waals surface area contributed by atoms with Crippen LogP contribution in [-0.2, 0) is 0 Å². The average Bonchev–Trinajstić information content (AvgIpc) is 2.20. The highest BCUT2D eigenvalue weighted by molar-refractivity contribution is 4.88. The summed E-state index contributed by atoms with van der Waals surface area (Å²) in [5.41, 5.74) is 0. The molecule has 2 aliphatic rings. The average molecular weight is 183 g/mol. The van der Waals surface area contributed by atoms with Crippen molar-refractivity contribution in [3.63, 3.8) is 0 Å². The van der Waals surface area contributed by atoms with Gasteiger partial charge in [0.2, 0.25) is 0 Å². The van der Waals surface area contributed by atoms with Gasteiger partial charge in [0, 0.05) is 12.6 Å². The van der Waals surface area contributed by atoms with Crippen LogP contribution >= 0.6 is 0 Å². The number of rotatable bonds is 1. The first-order valence-electron chi connectivity index (χ1n) is 5.32. The molecule has 0 aromatic heterocycles. The Morgan fingerprint density at radius 2 is 2.08 bits per heavy atom. The Labute approximate surface area is 80.1 Å². The number of nitrogens with zero attached hydrogens (tertiary/aromatic N) is 1. The lowest BCUT2D eigenvalue weighted by Crippen LogP contribution is -2.54. The van der Waals surface area contributed by atoms with Crippen LogP contribution in [0.3, 0.4) is 0 Å². The van der Waals surface area contributed by atoms with E-state index >= 15 is 0 Å². The lowest BCUT2D eigenvalue weighted by atomic mass is 9.99. The zero-order valence-electron chi connectivity index (χ0n) is 8.08. The van der Waals surface area contributed by atoms with Gasteiger partial charge < -0.3 is 10.4 Å². The fourth-order valence-corrected chi connectivity index (χ4v) is 2.36. The Morgan fingerprint density at radius 1 is 1.31 bits per heavy atom. The van der Waals surface area contributed by atoms with E-state index in [1.54, 1.807) is 0 Å². The topological polar surface area (TPSA) is 35.5 Å². The monoisotopic (exact) mass is 183 g/mol. The van der Waals surface area contributed by atoms with E-state index < -0.39 is 0 Å². The molecule has 2 rings (SSSR count). The quantitative estimate of drug-likeness (QED) is 0.601. The summed E-state index contributed by atoms with van der Waals surface area (Å²) in [6.45, 7) is 4.11. The molecule has 0 bridgehead atoms. The normalized spacial score (nSPS) is 37.6. The molecule has 3 heteroatoms. The van der Waals surface area contributed by atoms with E-state index in [-0.39, 0.29) is 6.10 Å². The van der Waals surface area contributed by atoms with E-state index in [4.69, 9.17) is 0 Å². The molecule has 2 fully saturated rings. The van der Waals surface area contributed by atoms with Crippen molar-refractivity contribution in [2.45, 2.75) is 31.4 Å². The Morgan fingerprint density at radius 3 is 2.77 bits per heavy atom. The third kappa shape index (κ3) is 2.22. The maximum absolute atomic E-state index is 9.81. The zero-order chi connectivity index (χ0) is 9.10. The first kappa shape index (κ1) is 9.44. The van der Waals surface area contributed by atoms with Crippen LogP contribution in [0.4, 0.5) is 0 Å². The van der Waals surface area contributed by atoms with Gasteiger partial charge in [0.05, 0.1) is 6.10 Å². The summed E-state index contributed by atoms with van der Waals surface area (Å²) < 4.78 is 0. The molecule has 2 atom stereocenters. The van der Waals surface area contributed by atoms with Gasteiger partial charge in [-0.2, -0.15) is 0 Å². The maximum Gasteiger partial charge on any atom is 0.0819 e. The van der Waals surface area contributed by atoms with Gasteiger partial charge >= 0.3 is 0 Å². The summed E-state index contributed by atoms with van der Waals surface area (Å²) in [6, 6.07) is 0.412. The number of hydrogen-bond acceptors (Lipinski definition) is 3. The fraction of sp³-hybridized carbons (Fsp3) is 0.900. The summed E-state index contributed by atoms with van der Waals surface area (Å²) >= 11 is 0. The molecule has 1 radical (unpaired) electrons. The van der Waals surface area contributed by atoms with Gasteiger partial charge in [-0.1, -0.05) is 0 Å². The van der Waals surface area contributed by atoms with Gasteiger partial charge in [-0.3, -0.25) is 4.90 Å². The van der Waals surface area contributed by atoms with Gasteiger partial charge in [0.15, 0.2) is 0 Å². The Balaban J connectivity index is 1.88. The smallest absolute Gasteiger partial charge is 0.0819 e. The molecule has 13 heavy (non-hydrogen) atoms. The first-order valence-corrected chi connectivity index (χ1v) is 5.32. The number of piperidine rings is 2. The fourth-order valence-electron chi connectivity index (χ4n) is 2.36. The second kappa shape index (κ2) is 4.40. The highest BCUT2D eigenvalue weighted by Gasteiger charge is 2.28. The van der Waals surface area contributed by atoms with Crippen LogP contribution in [0, 0.1) is 6.42 Å². The van der Waals surface area contributed by atoms with Crippen molar-refractivity contribution in [2.75, 3.05) is 26.2 Å². The Bertz CT molecular complexity index is 157. The molecule has 2 saturated heterocycles. The molecule has 0 aromatic rings. The molecule has 2 unspecified atom stereocenters. The molecule has 0 aromatic carbocycles. The van der Waals surface area contributed by atoms with E-state index in [0.29, 0.717) is 6.04 Å². The van der Waals surface area contributed by atoms with Crippen molar-refractivity contribution in [3.05, 3.63) is 6.42 Å². The second-order valence-corrected chi connectivity index (χ2v) is 4.03. The van der Waals surface area contributed by atoms with Gasteiger partial charge in [-0.25, -0.2) is 0 Å². The molecule has 0 amide bonds. The van der Waals surface area contributed by atoms with Crippen LogP contribution < -0.4 is 5.32 Å². The minimum Gasteiger partial charge on any atom is -0.390 e. The number of nitrogens with one attached hydrogen (secondary N) is 1. The van der Waals surface area contributed by atoms with Gasteiger partial charge in [0.25, 0.3) is 0 Å². The van der Waals surface area contributed by atoms with Crippen LogP contribution in [0.5, 0.6) is 0 Å². The van der Waals surface area contributed by atoms with Crippen LogP contribution in [0.15, 0.2) is 0 Å². The molecule has 2 N–H and O–H groups in total. The van der Waals surface area contributed by atoms with Crippen LogP contribution in [0.25, 0.3) is 0 Å². The van der Waals surface area contributed by atoms with Crippen LogP contribution in [0.1, 0.15) is 19.3 Å². The standard InChI is InChI=1S/C10H19N2O/c13-10-8-11-5-4-9(10)12-6-2-1-3-7-12/h1,9-11,13H,2-8H2. The van der Waals surface area contributed by atoms with Gasteiger partial charge in [0.1, 0.15) is 0 Å². The van der Waals surface area contributed by atoms with Gasteiger partial charge in [-0.05, 0) is 45.3 Å². The molecule has 3 nitrogen and oxygen atoms in total. The summed E-state index contributed by atoms with van der Waals surface area (Å²) in [5.74, 6) is 0. The Kier molecular flexibility index (Phi) is 3.19. The second-order valence-electron chi connectivity index (χ2n) is 4.03. The van der Waals surface area contributed by atoms with Crippen molar-refractivity contribution in [1.29, 1.82) is 0 Å². The Hall–Kier alpha value is -0.120. The zero-order valence-corrected chi connectivity index (χ0v) is 8.08. The summed E-state index contributed by atoms with van der Waals surface area (Å²) in [7, 11) is 0. The van der Waals surface area contributed by atoms with Crippen molar-refractivity contribution >= 4 is 0 Å².